The number of carboxylic acids is 1. The second-order valence-corrected chi connectivity index (χ2v) is 5.39. The first-order valence-corrected chi connectivity index (χ1v) is 6.87. The fourth-order valence-corrected chi connectivity index (χ4v) is 3.01. The minimum atomic E-state index is -1.03. The number of benzene rings is 1. The second kappa shape index (κ2) is 6.26. The van der Waals surface area contributed by atoms with Crippen molar-refractivity contribution >= 4 is 23.3 Å². The van der Waals surface area contributed by atoms with Gasteiger partial charge < -0.3 is 15.5 Å². The normalized spacial score (nSPS) is 22.4. The molecule has 1 aliphatic carbocycles. The van der Waals surface area contributed by atoms with E-state index in [-0.39, 0.29) is 17.2 Å². The highest BCUT2D eigenvalue weighted by Crippen LogP contribution is 2.32. The smallest absolute Gasteiger partial charge is 0.339 e. The Labute approximate surface area is 117 Å². The van der Waals surface area contributed by atoms with E-state index in [1.807, 2.05) is 0 Å². The van der Waals surface area contributed by atoms with Crippen LogP contribution in [-0.4, -0.2) is 29.3 Å². The average Bonchev–Trinajstić information content (AvgIpc) is 2.83. The molecule has 0 radical (unpaired) electrons. The van der Waals surface area contributed by atoms with E-state index in [9.17, 15) is 15.0 Å². The molecule has 1 aromatic carbocycles. The maximum Gasteiger partial charge on any atom is 0.339 e. The zero-order valence-electron chi connectivity index (χ0n) is 10.6. The molecule has 1 aromatic rings. The Balaban J connectivity index is 2.07. The van der Waals surface area contributed by atoms with Crippen LogP contribution in [0.25, 0.3) is 0 Å². The number of aliphatic hydroxyl groups excluding tert-OH is 1. The zero-order valence-corrected chi connectivity index (χ0v) is 11.4. The van der Waals surface area contributed by atoms with E-state index in [2.05, 4.69) is 5.32 Å². The molecule has 0 spiro atoms. The molecular formula is C14H18ClNO3. The Hall–Kier alpha value is -1.26. The number of halogens is 1. The van der Waals surface area contributed by atoms with E-state index in [0.717, 1.165) is 19.3 Å². The molecule has 3 N–H and O–H groups in total. The highest BCUT2D eigenvalue weighted by atomic mass is 35.5. The predicted molar refractivity (Wildman–Crippen MR) is 74.8 cm³/mol. The minimum Gasteiger partial charge on any atom is -0.478 e. The Kier molecular flexibility index (Phi) is 4.66. The van der Waals surface area contributed by atoms with Gasteiger partial charge in [0.1, 0.15) is 5.56 Å². The molecule has 1 aliphatic rings. The van der Waals surface area contributed by atoms with Gasteiger partial charge in [-0.1, -0.05) is 24.1 Å². The van der Waals surface area contributed by atoms with Crippen LogP contribution in [0.1, 0.15) is 29.6 Å². The summed E-state index contributed by atoms with van der Waals surface area (Å²) in [6, 6.07) is 5.02. The second-order valence-electron chi connectivity index (χ2n) is 4.98. The largest absolute Gasteiger partial charge is 0.478 e. The van der Waals surface area contributed by atoms with Gasteiger partial charge in [-0.3, -0.25) is 0 Å². The van der Waals surface area contributed by atoms with Crippen LogP contribution in [0.3, 0.4) is 0 Å². The number of anilines is 1. The molecule has 0 bridgehead atoms. The molecule has 0 aliphatic heterocycles. The van der Waals surface area contributed by atoms with Crippen LogP contribution < -0.4 is 5.32 Å². The quantitative estimate of drug-likeness (QED) is 0.777. The van der Waals surface area contributed by atoms with Crippen LogP contribution >= 0.6 is 11.6 Å². The third kappa shape index (κ3) is 3.19. The monoisotopic (exact) mass is 283 g/mol. The van der Waals surface area contributed by atoms with E-state index in [1.165, 1.54) is 0 Å². The van der Waals surface area contributed by atoms with Crippen LogP contribution in [0, 0.1) is 11.8 Å². The molecule has 19 heavy (non-hydrogen) atoms. The van der Waals surface area contributed by atoms with Crippen LogP contribution in [0.4, 0.5) is 5.69 Å². The van der Waals surface area contributed by atoms with Gasteiger partial charge in [0.05, 0.1) is 10.7 Å². The van der Waals surface area contributed by atoms with Crippen LogP contribution in [0.15, 0.2) is 18.2 Å². The van der Waals surface area contributed by atoms with Gasteiger partial charge >= 0.3 is 5.97 Å². The standard InChI is InChI=1S/C14H18ClNO3/c15-11-5-2-6-12(13(11)14(18)19)16-7-9-3-1-4-10(9)8-17/h2,5-6,9-10,16-17H,1,3-4,7-8H2,(H,18,19). The van der Waals surface area contributed by atoms with Crippen molar-refractivity contribution in [1.82, 2.24) is 0 Å². The Morgan fingerprint density at radius 3 is 2.79 bits per heavy atom. The number of nitrogens with one attached hydrogen (secondary N) is 1. The third-order valence-corrected chi connectivity index (χ3v) is 4.15. The fourth-order valence-electron chi connectivity index (χ4n) is 2.75. The predicted octanol–water partition coefficient (Wildman–Crippen LogP) is 2.86. The lowest BCUT2D eigenvalue weighted by atomic mass is 9.97. The van der Waals surface area contributed by atoms with Gasteiger partial charge in [-0.05, 0) is 36.8 Å². The molecule has 1 fully saturated rings. The summed E-state index contributed by atoms with van der Waals surface area (Å²) in [5, 5.41) is 21.9. The van der Waals surface area contributed by atoms with Gasteiger partial charge in [-0.15, -0.1) is 0 Å². The number of hydrogen-bond acceptors (Lipinski definition) is 3. The maximum atomic E-state index is 11.2. The summed E-state index contributed by atoms with van der Waals surface area (Å²) in [7, 11) is 0. The molecule has 1 saturated carbocycles. The molecule has 0 aromatic heterocycles. The summed E-state index contributed by atoms with van der Waals surface area (Å²) in [5.41, 5.74) is 0.659. The Bertz CT molecular complexity index is 464. The fraction of sp³-hybridized carbons (Fsp3) is 0.500. The number of hydrogen-bond donors (Lipinski definition) is 3. The van der Waals surface area contributed by atoms with Gasteiger partial charge in [0.25, 0.3) is 0 Å². The highest BCUT2D eigenvalue weighted by molar-refractivity contribution is 6.34. The summed E-state index contributed by atoms with van der Waals surface area (Å²) in [6.07, 6.45) is 3.24. The Morgan fingerprint density at radius 1 is 1.37 bits per heavy atom. The lowest BCUT2D eigenvalue weighted by Crippen LogP contribution is -2.21. The van der Waals surface area contributed by atoms with Gasteiger partial charge in [0.15, 0.2) is 0 Å². The first-order chi connectivity index (χ1) is 9.13. The molecular weight excluding hydrogens is 266 g/mol. The van der Waals surface area contributed by atoms with Gasteiger partial charge in [-0.2, -0.15) is 0 Å². The summed E-state index contributed by atoms with van der Waals surface area (Å²) in [6.45, 7) is 0.875. The number of carbonyl (C=O) groups is 1. The number of rotatable bonds is 5. The first-order valence-electron chi connectivity index (χ1n) is 6.50. The van der Waals surface area contributed by atoms with E-state index in [4.69, 9.17) is 11.6 Å². The first kappa shape index (κ1) is 14.2. The molecule has 0 heterocycles. The zero-order chi connectivity index (χ0) is 13.8. The van der Waals surface area contributed by atoms with Crippen molar-refractivity contribution in [3.05, 3.63) is 28.8 Å². The van der Waals surface area contributed by atoms with Crippen LogP contribution in [-0.2, 0) is 0 Å². The van der Waals surface area contributed by atoms with Crippen molar-refractivity contribution in [1.29, 1.82) is 0 Å². The SMILES string of the molecule is O=C(O)c1c(Cl)cccc1NCC1CCCC1CO. The van der Waals surface area contributed by atoms with Gasteiger partial charge in [0, 0.05) is 13.2 Å². The van der Waals surface area contributed by atoms with Crippen molar-refractivity contribution < 1.29 is 15.0 Å². The molecule has 2 rings (SSSR count). The topological polar surface area (TPSA) is 69.6 Å². The van der Waals surface area contributed by atoms with E-state index < -0.39 is 5.97 Å². The summed E-state index contributed by atoms with van der Waals surface area (Å²) < 4.78 is 0. The van der Waals surface area contributed by atoms with Crippen molar-refractivity contribution in [2.45, 2.75) is 19.3 Å². The van der Waals surface area contributed by atoms with Crippen LogP contribution in [0.2, 0.25) is 5.02 Å². The van der Waals surface area contributed by atoms with Crippen molar-refractivity contribution in [2.24, 2.45) is 11.8 Å². The lowest BCUT2D eigenvalue weighted by Gasteiger charge is -2.19. The third-order valence-electron chi connectivity index (χ3n) is 3.83. The van der Waals surface area contributed by atoms with Crippen molar-refractivity contribution in [3.63, 3.8) is 0 Å². The molecule has 104 valence electrons. The minimum absolute atomic E-state index is 0.114. The van der Waals surface area contributed by atoms with Crippen molar-refractivity contribution in [2.75, 3.05) is 18.5 Å². The number of carboxylic acid groups (broad SMARTS) is 1. The summed E-state index contributed by atoms with van der Waals surface area (Å²) in [4.78, 5) is 11.2. The van der Waals surface area contributed by atoms with Gasteiger partial charge in [-0.25, -0.2) is 4.79 Å². The maximum absolute atomic E-state index is 11.2. The number of aromatic carboxylic acids is 1. The number of aliphatic hydroxyl groups is 1. The molecule has 2 unspecified atom stereocenters. The summed E-state index contributed by atoms with van der Waals surface area (Å²) >= 11 is 5.91. The summed E-state index contributed by atoms with van der Waals surface area (Å²) in [5.74, 6) is -0.316. The lowest BCUT2D eigenvalue weighted by molar-refractivity contribution is 0.0698. The van der Waals surface area contributed by atoms with Gasteiger partial charge in [0.2, 0.25) is 0 Å². The molecule has 5 heteroatoms. The molecule has 0 amide bonds. The Morgan fingerprint density at radius 2 is 2.11 bits per heavy atom. The molecule has 2 atom stereocenters. The van der Waals surface area contributed by atoms with E-state index >= 15 is 0 Å². The highest BCUT2D eigenvalue weighted by Gasteiger charge is 2.26. The van der Waals surface area contributed by atoms with E-state index in [0.29, 0.717) is 24.1 Å². The molecule has 4 nitrogen and oxygen atoms in total. The molecule has 0 saturated heterocycles. The van der Waals surface area contributed by atoms with Crippen molar-refractivity contribution in [3.8, 4) is 0 Å². The average molecular weight is 284 g/mol. The van der Waals surface area contributed by atoms with Crippen LogP contribution in [0.5, 0.6) is 0 Å². The van der Waals surface area contributed by atoms with E-state index in [1.54, 1.807) is 18.2 Å².